The lowest BCUT2D eigenvalue weighted by Crippen LogP contribution is -2.47. The van der Waals surface area contributed by atoms with Crippen LogP contribution in [0.5, 0.6) is 0 Å². The van der Waals surface area contributed by atoms with Crippen molar-refractivity contribution in [1.82, 2.24) is 10.6 Å². The summed E-state index contributed by atoms with van der Waals surface area (Å²) in [5, 5.41) is 22.6. The van der Waals surface area contributed by atoms with Gasteiger partial charge in [0.2, 0.25) is 11.8 Å². The van der Waals surface area contributed by atoms with Gasteiger partial charge in [-0.15, -0.1) is 0 Å². The van der Waals surface area contributed by atoms with Gasteiger partial charge in [-0.3, -0.25) is 14.4 Å². The summed E-state index contributed by atoms with van der Waals surface area (Å²) in [6, 6.07) is -1.39. The predicted molar refractivity (Wildman–Crippen MR) is 259 cm³/mol. The molecule has 62 heavy (non-hydrogen) atoms. The molecule has 0 fully saturated rings. The van der Waals surface area contributed by atoms with Crippen molar-refractivity contribution in [2.45, 2.75) is 225 Å². The van der Waals surface area contributed by atoms with Gasteiger partial charge in [0.05, 0.1) is 13.2 Å². The SMILES string of the molecule is CC/C=C\C/C=C\C/C=C\C/C=C\C/C=C\C/C=C\CCCCCCC(=O)OC(CCCCCCCCCCCCC)CCCCCCCC(=O)NCC(=O)NC(CO)C(=O)O. The molecule has 0 aliphatic heterocycles. The van der Waals surface area contributed by atoms with Crippen LogP contribution in [-0.2, 0) is 23.9 Å². The minimum Gasteiger partial charge on any atom is -0.480 e. The molecule has 2 unspecified atom stereocenters. The first kappa shape index (κ1) is 58.3. The summed E-state index contributed by atoms with van der Waals surface area (Å²) in [5.41, 5.74) is 0. The highest BCUT2D eigenvalue weighted by Crippen LogP contribution is 2.19. The van der Waals surface area contributed by atoms with Gasteiger partial charge >= 0.3 is 11.9 Å². The molecule has 2 amide bonds. The van der Waals surface area contributed by atoms with E-state index in [-0.39, 0.29) is 30.9 Å². The molecule has 2 atom stereocenters. The first-order chi connectivity index (χ1) is 30.3. The summed E-state index contributed by atoms with van der Waals surface area (Å²) in [7, 11) is 0. The molecule has 0 aromatic heterocycles. The second kappa shape index (κ2) is 46.8. The molecular formula is C53H90N2O7. The second-order valence-electron chi connectivity index (χ2n) is 16.5. The smallest absolute Gasteiger partial charge is 0.328 e. The molecule has 354 valence electrons. The van der Waals surface area contributed by atoms with Crippen LogP contribution in [0, 0.1) is 0 Å². The summed E-state index contributed by atoms with van der Waals surface area (Å²) in [6.45, 7) is 3.37. The summed E-state index contributed by atoms with van der Waals surface area (Å²) >= 11 is 0. The van der Waals surface area contributed by atoms with Gasteiger partial charge in [-0.1, -0.05) is 183 Å². The van der Waals surface area contributed by atoms with E-state index in [1.807, 2.05) is 0 Å². The zero-order valence-corrected chi connectivity index (χ0v) is 39.4. The van der Waals surface area contributed by atoms with E-state index in [9.17, 15) is 19.2 Å². The lowest BCUT2D eigenvalue weighted by molar-refractivity contribution is -0.150. The Morgan fingerprint density at radius 1 is 0.500 bits per heavy atom. The van der Waals surface area contributed by atoms with E-state index in [1.165, 1.54) is 64.2 Å². The number of allylic oxidation sites excluding steroid dienone is 12. The first-order valence-corrected chi connectivity index (χ1v) is 24.8. The van der Waals surface area contributed by atoms with Crippen LogP contribution < -0.4 is 10.6 Å². The number of hydrogen-bond donors (Lipinski definition) is 4. The molecule has 0 bridgehead atoms. The normalized spacial score (nSPS) is 13.1. The van der Waals surface area contributed by atoms with E-state index in [4.69, 9.17) is 14.9 Å². The fourth-order valence-electron chi connectivity index (χ4n) is 6.95. The second-order valence-corrected chi connectivity index (χ2v) is 16.5. The molecule has 9 nitrogen and oxygen atoms in total. The first-order valence-electron chi connectivity index (χ1n) is 24.8. The number of nitrogens with one attached hydrogen (secondary N) is 2. The lowest BCUT2D eigenvalue weighted by atomic mass is 10.0. The third kappa shape index (κ3) is 42.9. The Hall–Kier alpha value is -3.72. The van der Waals surface area contributed by atoms with Crippen LogP contribution in [0.1, 0.15) is 213 Å². The van der Waals surface area contributed by atoms with Crippen LogP contribution in [0.25, 0.3) is 0 Å². The molecule has 0 aromatic rings. The molecule has 4 N–H and O–H groups in total. The molecule has 0 radical (unpaired) electrons. The number of carbonyl (C=O) groups excluding carboxylic acids is 3. The summed E-state index contributed by atoms with van der Waals surface area (Å²) in [6.07, 6.45) is 59.3. The Morgan fingerprint density at radius 2 is 0.919 bits per heavy atom. The van der Waals surface area contributed by atoms with Gasteiger partial charge < -0.3 is 25.6 Å². The minimum absolute atomic E-state index is 0.0300. The third-order valence-corrected chi connectivity index (χ3v) is 10.7. The molecule has 0 saturated heterocycles. The van der Waals surface area contributed by atoms with Crippen molar-refractivity contribution >= 4 is 23.8 Å². The maximum Gasteiger partial charge on any atom is 0.328 e. The number of ether oxygens (including phenoxy) is 1. The summed E-state index contributed by atoms with van der Waals surface area (Å²) < 4.78 is 6.04. The van der Waals surface area contributed by atoms with Crippen molar-refractivity contribution in [2.24, 2.45) is 0 Å². The maximum atomic E-state index is 12.9. The van der Waals surface area contributed by atoms with Crippen LogP contribution in [-0.4, -0.2) is 59.3 Å². The Morgan fingerprint density at radius 3 is 1.39 bits per heavy atom. The van der Waals surface area contributed by atoms with Crippen molar-refractivity contribution in [3.05, 3.63) is 72.9 Å². The van der Waals surface area contributed by atoms with Gasteiger partial charge in [0.25, 0.3) is 0 Å². The number of amides is 2. The number of aliphatic hydroxyl groups is 1. The topological polar surface area (TPSA) is 142 Å². The summed E-state index contributed by atoms with van der Waals surface area (Å²) in [4.78, 5) is 47.7. The zero-order valence-electron chi connectivity index (χ0n) is 39.4. The molecule has 0 rings (SSSR count). The highest BCUT2D eigenvalue weighted by molar-refractivity contribution is 5.87. The molecule has 0 aliphatic rings. The highest BCUT2D eigenvalue weighted by atomic mass is 16.5. The van der Waals surface area contributed by atoms with Gasteiger partial charge in [-0.05, 0) is 89.9 Å². The Labute approximate surface area is 378 Å². The van der Waals surface area contributed by atoms with E-state index in [0.29, 0.717) is 12.8 Å². The molecule has 0 heterocycles. The Balaban J connectivity index is 4.30. The van der Waals surface area contributed by atoms with Crippen LogP contribution in [0.15, 0.2) is 72.9 Å². The van der Waals surface area contributed by atoms with Crippen LogP contribution in [0.4, 0.5) is 0 Å². The van der Waals surface area contributed by atoms with Crippen molar-refractivity contribution in [2.75, 3.05) is 13.2 Å². The van der Waals surface area contributed by atoms with Crippen molar-refractivity contribution < 1.29 is 34.1 Å². The van der Waals surface area contributed by atoms with Crippen LogP contribution in [0.3, 0.4) is 0 Å². The van der Waals surface area contributed by atoms with Crippen molar-refractivity contribution in [3.63, 3.8) is 0 Å². The zero-order chi connectivity index (χ0) is 45.4. The number of aliphatic carboxylic acids is 1. The number of carboxylic acid groups (broad SMARTS) is 1. The van der Waals surface area contributed by atoms with E-state index in [1.54, 1.807) is 0 Å². The highest BCUT2D eigenvalue weighted by Gasteiger charge is 2.19. The number of aliphatic hydroxyl groups excluding tert-OH is 1. The van der Waals surface area contributed by atoms with E-state index < -0.39 is 24.5 Å². The standard InChI is InChI=1S/C53H90N2O7/c1-3-5-7-9-11-13-15-16-17-18-19-20-21-22-23-24-25-26-28-30-32-37-41-45-52(59)62-48(42-38-34-31-29-27-14-12-10-8-6-4-2)43-39-35-33-36-40-44-50(57)54-46-51(58)55-49(47-56)53(60)61/h5,7,11,13,16-17,19-20,22-23,25-26,48-49,56H,3-4,6,8-10,12,14-15,18,21,24,27-47H2,1-2H3,(H,54,57)(H,55,58)(H,60,61)/b7-5-,13-11-,17-16-,20-19-,23-22-,26-25-. The number of unbranched alkanes of at least 4 members (excludes halogenated alkanes) is 18. The minimum atomic E-state index is -1.39. The number of carboxylic acids is 1. The molecular weight excluding hydrogens is 777 g/mol. The van der Waals surface area contributed by atoms with E-state index in [0.717, 1.165) is 116 Å². The van der Waals surface area contributed by atoms with Gasteiger partial charge in [-0.2, -0.15) is 0 Å². The van der Waals surface area contributed by atoms with Crippen LogP contribution >= 0.6 is 0 Å². The fraction of sp³-hybridized carbons (Fsp3) is 0.698. The van der Waals surface area contributed by atoms with Crippen molar-refractivity contribution in [1.29, 1.82) is 0 Å². The number of rotatable bonds is 44. The van der Waals surface area contributed by atoms with Gasteiger partial charge in [0.1, 0.15) is 12.1 Å². The maximum absolute atomic E-state index is 12.9. The number of hydrogen-bond acceptors (Lipinski definition) is 6. The number of carbonyl (C=O) groups is 4. The van der Waals surface area contributed by atoms with Gasteiger partial charge in [-0.25, -0.2) is 4.79 Å². The Kier molecular flexibility index (Phi) is 44.0. The van der Waals surface area contributed by atoms with Crippen LogP contribution in [0.2, 0.25) is 0 Å². The Bertz CT molecular complexity index is 1270. The largest absolute Gasteiger partial charge is 0.480 e. The quantitative estimate of drug-likeness (QED) is 0.0271. The average Bonchev–Trinajstić information content (AvgIpc) is 3.26. The molecule has 0 aliphatic carbocycles. The summed E-state index contributed by atoms with van der Waals surface area (Å²) in [5.74, 6) is -2.32. The van der Waals surface area contributed by atoms with E-state index >= 15 is 0 Å². The monoisotopic (exact) mass is 867 g/mol. The average molecular weight is 867 g/mol. The molecule has 0 aromatic carbocycles. The fourth-order valence-corrected chi connectivity index (χ4v) is 6.95. The molecule has 0 spiro atoms. The van der Waals surface area contributed by atoms with Crippen molar-refractivity contribution in [3.8, 4) is 0 Å². The van der Waals surface area contributed by atoms with Gasteiger partial charge in [0, 0.05) is 12.8 Å². The molecule has 9 heteroatoms. The molecule has 0 saturated carbocycles. The van der Waals surface area contributed by atoms with E-state index in [2.05, 4.69) is 97.4 Å². The predicted octanol–water partition coefficient (Wildman–Crippen LogP) is 13.0. The lowest BCUT2D eigenvalue weighted by Gasteiger charge is -2.18. The number of esters is 1. The third-order valence-electron chi connectivity index (χ3n) is 10.7. The van der Waals surface area contributed by atoms with Gasteiger partial charge in [0.15, 0.2) is 0 Å².